The number of carbonyl (C=O) groups is 4. The lowest BCUT2D eigenvalue weighted by molar-refractivity contribution is -0.384. The van der Waals surface area contributed by atoms with E-state index in [4.69, 9.17) is 32.7 Å². The van der Waals surface area contributed by atoms with Crippen molar-refractivity contribution in [1.29, 1.82) is 0 Å². The molecule has 1 aromatic heterocycles. The zero-order valence-corrected chi connectivity index (χ0v) is 32.2. The van der Waals surface area contributed by atoms with Gasteiger partial charge in [0.15, 0.2) is 5.82 Å². The van der Waals surface area contributed by atoms with Crippen molar-refractivity contribution in [1.82, 2.24) is 9.99 Å². The van der Waals surface area contributed by atoms with Crippen molar-refractivity contribution in [3.63, 3.8) is 0 Å². The van der Waals surface area contributed by atoms with E-state index < -0.39 is 86.1 Å². The highest BCUT2D eigenvalue weighted by molar-refractivity contribution is 6.33. The molecule has 3 heterocycles. The van der Waals surface area contributed by atoms with Crippen molar-refractivity contribution in [3.8, 4) is 17.2 Å². The third-order valence-corrected chi connectivity index (χ3v) is 12.2. The summed E-state index contributed by atoms with van der Waals surface area (Å²) < 4.78 is 52.2. The van der Waals surface area contributed by atoms with Gasteiger partial charge in [0.05, 0.1) is 58.6 Å². The molecule has 0 unspecified atom stereocenters. The van der Waals surface area contributed by atoms with E-state index in [2.05, 4.69) is 10.4 Å². The number of fused-ring (bicyclic) bond motifs is 4. The lowest BCUT2D eigenvalue weighted by Crippen LogP contribution is -2.53. The summed E-state index contributed by atoms with van der Waals surface area (Å²) in [5.41, 5.74) is 0.0138. The van der Waals surface area contributed by atoms with Gasteiger partial charge in [0.1, 0.15) is 17.2 Å². The Kier molecular flexibility index (Phi) is 9.58. The van der Waals surface area contributed by atoms with Crippen LogP contribution in [0.15, 0.2) is 84.6 Å². The van der Waals surface area contributed by atoms with E-state index in [1.165, 1.54) is 56.7 Å². The first kappa shape index (κ1) is 39.6. The van der Waals surface area contributed by atoms with E-state index in [0.717, 1.165) is 11.0 Å². The predicted molar refractivity (Wildman–Crippen MR) is 204 cm³/mol. The van der Waals surface area contributed by atoms with Gasteiger partial charge in [-0.25, -0.2) is 9.88 Å². The number of allylic oxidation sites excluding steroid dienone is 2. The van der Waals surface area contributed by atoms with Crippen molar-refractivity contribution in [2.75, 3.05) is 24.5 Å². The van der Waals surface area contributed by atoms with Crippen molar-refractivity contribution in [2.45, 2.75) is 30.4 Å². The number of anilines is 2. The molecular formula is C40H30Cl2F3N5O9. The number of nitrogens with zero attached hydrogens (tertiary/aromatic N) is 4. The molecule has 4 aliphatic rings. The number of ether oxygens (including phenoxy) is 2. The summed E-state index contributed by atoms with van der Waals surface area (Å²) in [7, 11) is 2.64. The van der Waals surface area contributed by atoms with E-state index in [0.29, 0.717) is 22.8 Å². The molecule has 19 heteroatoms. The molecule has 2 N–H and O–H groups in total. The number of nitro groups is 1. The Morgan fingerprint density at radius 2 is 1.63 bits per heavy atom. The molecular weight excluding hydrogens is 822 g/mol. The minimum Gasteiger partial charge on any atom is -0.508 e. The highest BCUT2D eigenvalue weighted by Crippen LogP contribution is 2.66. The number of imide groups is 2. The number of hydrazine groups is 1. The first-order chi connectivity index (χ1) is 28.0. The molecule has 3 aromatic carbocycles. The van der Waals surface area contributed by atoms with Crippen molar-refractivity contribution < 1.29 is 51.9 Å². The largest absolute Gasteiger partial charge is 0.508 e. The monoisotopic (exact) mass is 851 g/mol. The van der Waals surface area contributed by atoms with Crippen LogP contribution in [-0.2, 0) is 30.8 Å². The Hall–Kier alpha value is -6.20. The number of aromatic nitrogens is 1. The maximum Gasteiger partial charge on any atom is 0.417 e. The maximum atomic E-state index is 15.5. The highest BCUT2D eigenvalue weighted by atomic mass is 35.5. The summed E-state index contributed by atoms with van der Waals surface area (Å²) in [5.74, 6) is -9.27. The van der Waals surface area contributed by atoms with Gasteiger partial charge in [-0.3, -0.25) is 34.7 Å². The number of carbonyl (C=O) groups excluding carboxylic acids is 4. The van der Waals surface area contributed by atoms with Crippen LogP contribution >= 0.6 is 23.2 Å². The fourth-order valence-corrected chi connectivity index (χ4v) is 9.64. The Morgan fingerprint density at radius 1 is 0.949 bits per heavy atom. The van der Waals surface area contributed by atoms with Crippen LogP contribution < -0.4 is 19.8 Å². The van der Waals surface area contributed by atoms with E-state index >= 15 is 4.79 Å². The molecule has 6 atom stereocenters. The summed E-state index contributed by atoms with van der Waals surface area (Å²) in [6.45, 7) is 0. The van der Waals surface area contributed by atoms with Gasteiger partial charge in [0.25, 0.3) is 17.5 Å². The molecule has 3 fully saturated rings. The number of nitro benzene ring substituents is 1. The Balaban J connectivity index is 1.35. The van der Waals surface area contributed by atoms with E-state index in [1.807, 2.05) is 0 Å². The Labute approximate surface area is 342 Å². The van der Waals surface area contributed by atoms with Crippen LogP contribution in [0.3, 0.4) is 0 Å². The van der Waals surface area contributed by atoms with Crippen LogP contribution in [0.4, 0.5) is 30.4 Å². The Bertz CT molecular complexity index is 2490. The second-order valence-corrected chi connectivity index (χ2v) is 15.3. The van der Waals surface area contributed by atoms with E-state index in [-0.39, 0.29) is 57.6 Å². The third-order valence-electron chi connectivity index (χ3n) is 11.7. The maximum absolute atomic E-state index is 15.5. The minimum atomic E-state index is -4.80. The van der Waals surface area contributed by atoms with Crippen LogP contribution in [0.1, 0.15) is 35.4 Å². The number of rotatable bonds is 8. The molecule has 2 aliphatic heterocycles. The molecule has 1 saturated carbocycles. The molecule has 8 rings (SSSR count). The molecule has 2 saturated heterocycles. The lowest BCUT2D eigenvalue weighted by Gasteiger charge is -2.51. The van der Waals surface area contributed by atoms with Gasteiger partial charge in [0.2, 0.25) is 11.8 Å². The van der Waals surface area contributed by atoms with Gasteiger partial charge in [0, 0.05) is 47.0 Å². The number of alkyl halides is 3. The molecule has 0 bridgehead atoms. The quantitative estimate of drug-likeness (QED) is 0.0790. The number of non-ortho nitro benzene ring substituents is 1. The number of halogens is 5. The topological polar surface area (TPSA) is 182 Å². The van der Waals surface area contributed by atoms with Gasteiger partial charge in [-0.1, -0.05) is 53.1 Å². The van der Waals surface area contributed by atoms with Crippen LogP contribution in [0, 0.1) is 33.8 Å². The smallest absolute Gasteiger partial charge is 0.417 e. The van der Waals surface area contributed by atoms with Gasteiger partial charge >= 0.3 is 6.18 Å². The number of hydrogen-bond donors (Lipinski definition) is 2. The zero-order valence-electron chi connectivity index (χ0n) is 30.7. The summed E-state index contributed by atoms with van der Waals surface area (Å²) in [5, 5.41) is 22.8. The molecule has 4 amide bonds. The zero-order chi connectivity index (χ0) is 42.3. The number of phenols is 1. The average Bonchev–Trinajstić information content (AvgIpc) is 3.58. The summed E-state index contributed by atoms with van der Waals surface area (Å²) in [6, 6.07) is 14.4. The first-order valence-corrected chi connectivity index (χ1v) is 18.7. The van der Waals surface area contributed by atoms with Gasteiger partial charge in [-0.15, -0.1) is 0 Å². The van der Waals surface area contributed by atoms with Crippen molar-refractivity contribution in [2.24, 2.45) is 23.7 Å². The third kappa shape index (κ3) is 6.04. The van der Waals surface area contributed by atoms with Gasteiger partial charge in [-0.05, 0) is 48.6 Å². The van der Waals surface area contributed by atoms with Crippen LogP contribution in [0.5, 0.6) is 17.2 Å². The predicted octanol–water partition coefficient (Wildman–Crippen LogP) is 7.23. The van der Waals surface area contributed by atoms with Crippen LogP contribution in [0.25, 0.3) is 0 Å². The van der Waals surface area contributed by atoms with Crippen molar-refractivity contribution in [3.05, 3.63) is 121 Å². The summed E-state index contributed by atoms with van der Waals surface area (Å²) in [6.07, 6.45) is -2.79. The fourth-order valence-electron chi connectivity index (χ4n) is 9.31. The number of methoxy groups -OCH3 is 2. The molecule has 304 valence electrons. The van der Waals surface area contributed by atoms with E-state index in [1.54, 1.807) is 18.2 Å². The molecule has 59 heavy (non-hydrogen) atoms. The second-order valence-electron chi connectivity index (χ2n) is 14.5. The lowest BCUT2D eigenvalue weighted by atomic mass is 9.49. The number of aromatic hydroxyl groups is 1. The second kappa shape index (κ2) is 14.3. The SMILES string of the molecule is COc1cc(O)cc(OC)c1[C@H]1C2=CC[C@@H]3C(=O)N(c4cccc([N+](=O)[O-])c4)C(=O)[C@@H]3[C@@H]2C[C@H]2C(=O)N(Nc3ncc(C(F)(F)F)cc3Cl)C(=O)[C@@]12c1ccc(Cl)cc1. The number of pyridine rings is 1. The highest BCUT2D eigenvalue weighted by Gasteiger charge is 2.71. The Morgan fingerprint density at radius 3 is 2.24 bits per heavy atom. The number of amides is 4. The van der Waals surface area contributed by atoms with E-state index in [9.17, 15) is 42.8 Å². The molecule has 2 aliphatic carbocycles. The average molecular weight is 853 g/mol. The van der Waals surface area contributed by atoms with Crippen LogP contribution in [-0.4, -0.2) is 57.9 Å². The normalized spacial score (nSPS) is 25.0. The molecule has 0 radical (unpaired) electrons. The first-order valence-electron chi connectivity index (χ1n) is 17.9. The summed E-state index contributed by atoms with van der Waals surface area (Å²) in [4.78, 5) is 74.9. The summed E-state index contributed by atoms with van der Waals surface area (Å²) >= 11 is 12.6. The number of nitrogens with one attached hydrogen (secondary N) is 1. The van der Waals surface area contributed by atoms with Crippen LogP contribution in [0.2, 0.25) is 10.0 Å². The number of benzene rings is 3. The fraction of sp³-hybridized carbons (Fsp3) is 0.275. The minimum absolute atomic E-state index is 0.0116. The standard InChI is InChI=1S/C40H30Cl2F3N5O9/c1-58-29-14-23(51)15-30(59-2)32(29)33-24-10-11-25-31(37(54)48(35(25)52)21-4-3-5-22(13-21)50(56)57)26(24)16-27-36(53)49(38(55)39(27,33)18-6-8-20(41)9-7-18)47-34-28(42)12-19(17-46-34)40(43,44)45/h3-10,12-15,17,25-27,31,33,51H,11,16H2,1-2H3,(H,46,47)/t25-,26+,27-,31-,33+,39+/m0/s1. The number of phenolic OH excluding ortho intramolecular Hbond substituents is 1. The van der Waals surface area contributed by atoms with Gasteiger partial charge < -0.3 is 14.6 Å². The van der Waals surface area contributed by atoms with Gasteiger partial charge in [-0.2, -0.15) is 18.2 Å². The molecule has 14 nitrogen and oxygen atoms in total. The molecule has 0 spiro atoms. The molecule has 4 aromatic rings. The van der Waals surface area contributed by atoms with Crippen molar-refractivity contribution >= 4 is 64.0 Å². The number of hydrogen-bond acceptors (Lipinski definition) is 11.